The van der Waals surface area contributed by atoms with E-state index < -0.39 is 26.5 Å². The molecule has 8 nitrogen and oxygen atoms in total. The number of carbonyl (C=O) groups is 2. The summed E-state index contributed by atoms with van der Waals surface area (Å²) in [5.74, 6) is -0.803. The van der Waals surface area contributed by atoms with Crippen LogP contribution in [0.2, 0.25) is 0 Å². The average molecular weight is 661 g/mol. The lowest BCUT2D eigenvalue weighted by atomic mass is 10.0. The van der Waals surface area contributed by atoms with Crippen molar-refractivity contribution in [3.63, 3.8) is 0 Å². The predicted octanol–water partition coefficient (Wildman–Crippen LogP) is 10.9. The number of rotatable bonds is 34. The van der Waals surface area contributed by atoms with Crippen LogP contribution in [0.15, 0.2) is 12.2 Å². The van der Waals surface area contributed by atoms with Crippen molar-refractivity contribution in [1.82, 2.24) is 0 Å². The molecule has 1 N–H and O–H groups in total. The number of phosphoric ester groups is 1. The van der Waals surface area contributed by atoms with E-state index in [9.17, 15) is 19.0 Å². The molecule has 45 heavy (non-hydrogen) atoms. The molecule has 2 unspecified atom stereocenters. The summed E-state index contributed by atoms with van der Waals surface area (Å²) in [7, 11) is -4.27. The summed E-state index contributed by atoms with van der Waals surface area (Å²) in [6, 6.07) is 0. The van der Waals surface area contributed by atoms with Crippen LogP contribution in [-0.2, 0) is 32.7 Å². The molecule has 0 aliphatic heterocycles. The highest BCUT2D eigenvalue weighted by atomic mass is 31.2. The van der Waals surface area contributed by atoms with Crippen LogP contribution in [0.3, 0.4) is 0 Å². The molecule has 0 aromatic carbocycles. The van der Waals surface area contributed by atoms with Gasteiger partial charge in [-0.05, 0) is 45.4 Å². The van der Waals surface area contributed by atoms with Gasteiger partial charge < -0.3 is 14.4 Å². The zero-order chi connectivity index (χ0) is 33.3. The van der Waals surface area contributed by atoms with Crippen LogP contribution in [0, 0.1) is 0 Å². The molecule has 0 aliphatic carbocycles. The third-order valence-corrected chi connectivity index (χ3v) is 8.88. The summed E-state index contributed by atoms with van der Waals surface area (Å²) < 4.78 is 32.5. The van der Waals surface area contributed by atoms with Crippen LogP contribution in [-0.4, -0.2) is 42.8 Å². The van der Waals surface area contributed by atoms with Gasteiger partial charge in [0.15, 0.2) is 6.10 Å². The maximum atomic E-state index is 12.4. The maximum Gasteiger partial charge on any atom is 0.472 e. The molecule has 0 aromatic heterocycles. The number of esters is 2. The Morgan fingerprint density at radius 1 is 0.578 bits per heavy atom. The van der Waals surface area contributed by atoms with E-state index in [1.54, 1.807) is 6.92 Å². The molecular weight excluding hydrogens is 591 g/mol. The number of hydrogen-bond donors (Lipinski definition) is 1. The van der Waals surface area contributed by atoms with E-state index in [0.717, 1.165) is 51.4 Å². The Morgan fingerprint density at radius 3 is 1.51 bits per heavy atom. The molecule has 0 aliphatic rings. The molecule has 0 saturated carbocycles. The molecule has 266 valence electrons. The van der Waals surface area contributed by atoms with Gasteiger partial charge in [-0.25, -0.2) is 4.57 Å². The van der Waals surface area contributed by atoms with E-state index in [2.05, 4.69) is 26.0 Å². The van der Waals surface area contributed by atoms with Crippen LogP contribution < -0.4 is 0 Å². The molecule has 0 fully saturated rings. The van der Waals surface area contributed by atoms with Gasteiger partial charge in [-0.2, -0.15) is 0 Å². The third-order valence-electron chi connectivity index (χ3n) is 7.82. The van der Waals surface area contributed by atoms with Gasteiger partial charge in [0, 0.05) is 12.8 Å². The Balaban J connectivity index is 4.16. The van der Waals surface area contributed by atoms with E-state index >= 15 is 0 Å². The van der Waals surface area contributed by atoms with Gasteiger partial charge in [0.05, 0.1) is 13.2 Å². The van der Waals surface area contributed by atoms with Crippen molar-refractivity contribution in [3.05, 3.63) is 12.2 Å². The van der Waals surface area contributed by atoms with E-state index in [0.29, 0.717) is 12.8 Å². The van der Waals surface area contributed by atoms with E-state index in [1.165, 1.54) is 89.9 Å². The normalized spacial score (nSPS) is 13.6. The van der Waals surface area contributed by atoms with Crippen molar-refractivity contribution in [2.75, 3.05) is 19.8 Å². The average Bonchev–Trinajstić information content (AvgIpc) is 3.01. The number of unbranched alkanes of at least 4 members (excludes halogenated alkanes) is 20. The van der Waals surface area contributed by atoms with Crippen LogP contribution in [0.5, 0.6) is 0 Å². The smallest absolute Gasteiger partial charge is 0.462 e. The van der Waals surface area contributed by atoms with Crippen molar-refractivity contribution in [3.8, 4) is 0 Å². The quantitative estimate of drug-likeness (QED) is 0.0314. The Labute approximate surface area is 276 Å². The molecule has 0 spiro atoms. The molecule has 0 heterocycles. The van der Waals surface area contributed by atoms with Crippen molar-refractivity contribution in [2.24, 2.45) is 0 Å². The minimum atomic E-state index is -4.27. The van der Waals surface area contributed by atoms with Gasteiger partial charge in [0.1, 0.15) is 6.61 Å². The Hall–Kier alpha value is -1.21. The molecule has 2 atom stereocenters. The number of carbonyl (C=O) groups excluding carboxylic acids is 2. The fourth-order valence-corrected chi connectivity index (χ4v) is 5.85. The third kappa shape index (κ3) is 32.5. The summed E-state index contributed by atoms with van der Waals surface area (Å²) >= 11 is 0. The first-order valence-electron chi connectivity index (χ1n) is 18.5. The number of phosphoric acid groups is 1. The fraction of sp³-hybridized carbons (Fsp3) is 0.889. The Morgan fingerprint density at radius 2 is 1.00 bits per heavy atom. The van der Waals surface area contributed by atoms with Crippen molar-refractivity contribution < 1.29 is 37.6 Å². The first kappa shape index (κ1) is 43.8. The molecular formula is C36H69O8P. The van der Waals surface area contributed by atoms with Gasteiger partial charge in [-0.3, -0.25) is 18.6 Å². The molecule has 0 bridgehead atoms. The zero-order valence-electron chi connectivity index (χ0n) is 29.3. The highest BCUT2D eigenvalue weighted by molar-refractivity contribution is 7.47. The summed E-state index contributed by atoms with van der Waals surface area (Å²) in [5, 5.41) is 0. The van der Waals surface area contributed by atoms with Crippen LogP contribution in [0.1, 0.15) is 181 Å². The largest absolute Gasteiger partial charge is 0.472 e. The van der Waals surface area contributed by atoms with Gasteiger partial charge in [-0.1, -0.05) is 135 Å². The lowest BCUT2D eigenvalue weighted by Gasteiger charge is -2.19. The second kappa shape index (κ2) is 32.7. The van der Waals surface area contributed by atoms with Crippen LogP contribution in [0.4, 0.5) is 0 Å². The number of allylic oxidation sites excluding steroid dienone is 2. The van der Waals surface area contributed by atoms with Gasteiger partial charge in [0.25, 0.3) is 0 Å². The SMILES string of the molecule is CCCCC/C=C\CCCCCCCC(=O)OC(COC(=O)CCCCCCCCCCCCCCC)COP(=O)(O)OCC. The molecule has 0 radical (unpaired) electrons. The molecule has 0 rings (SSSR count). The van der Waals surface area contributed by atoms with Crippen molar-refractivity contribution in [1.29, 1.82) is 0 Å². The molecule has 9 heteroatoms. The van der Waals surface area contributed by atoms with E-state index in [4.69, 9.17) is 18.5 Å². The fourth-order valence-electron chi connectivity index (χ4n) is 5.09. The lowest BCUT2D eigenvalue weighted by Crippen LogP contribution is -2.29. The maximum absolute atomic E-state index is 12.4. The van der Waals surface area contributed by atoms with Gasteiger partial charge >= 0.3 is 19.8 Å². The summed E-state index contributed by atoms with van der Waals surface area (Å²) in [5.41, 5.74) is 0. The first-order chi connectivity index (χ1) is 21.8. The summed E-state index contributed by atoms with van der Waals surface area (Å²) in [6.45, 7) is 5.43. The van der Waals surface area contributed by atoms with E-state index in [1.807, 2.05) is 0 Å². The van der Waals surface area contributed by atoms with Crippen LogP contribution in [0.25, 0.3) is 0 Å². The highest BCUT2D eigenvalue weighted by Gasteiger charge is 2.25. The lowest BCUT2D eigenvalue weighted by molar-refractivity contribution is -0.161. The van der Waals surface area contributed by atoms with E-state index in [-0.39, 0.29) is 25.6 Å². The first-order valence-corrected chi connectivity index (χ1v) is 20.0. The second-order valence-corrected chi connectivity index (χ2v) is 13.7. The summed E-state index contributed by atoms with van der Waals surface area (Å²) in [6.07, 6.45) is 31.2. The second-order valence-electron chi connectivity index (χ2n) is 12.2. The van der Waals surface area contributed by atoms with Crippen molar-refractivity contribution in [2.45, 2.75) is 187 Å². The Kier molecular flexibility index (Phi) is 31.8. The Bertz CT molecular complexity index is 757. The molecule has 0 amide bonds. The minimum absolute atomic E-state index is 0.00158. The zero-order valence-corrected chi connectivity index (χ0v) is 30.2. The number of ether oxygens (including phenoxy) is 2. The molecule has 0 saturated heterocycles. The van der Waals surface area contributed by atoms with Gasteiger partial charge in [0.2, 0.25) is 0 Å². The number of hydrogen-bond acceptors (Lipinski definition) is 7. The standard InChI is InChI=1S/C36H69O8P/c1-4-7-9-11-13-15-17-19-21-22-24-26-28-30-35(37)41-32-34(33-43-45(39,40)42-6-3)44-36(38)31-29-27-25-23-20-18-16-14-12-10-8-5-2/h14,16,34H,4-13,15,17-33H2,1-3H3,(H,39,40)/b16-14-. The highest BCUT2D eigenvalue weighted by Crippen LogP contribution is 2.43. The summed E-state index contributed by atoms with van der Waals surface area (Å²) in [4.78, 5) is 34.5. The topological polar surface area (TPSA) is 108 Å². The van der Waals surface area contributed by atoms with Crippen molar-refractivity contribution >= 4 is 19.8 Å². The molecule has 0 aromatic rings. The predicted molar refractivity (Wildman–Crippen MR) is 184 cm³/mol. The monoisotopic (exact) mass is 660 g/mol. The van der Waals surface area contributed by atoms with Gasteiger partial charge in [-0.15, -0.1) is 0 Å². The minimum Gasteiger partial charge on any atom is -0.462 e. The van der Waals surface area contributed by atoms with Crippen LogP contribution >= 0.6 is 7.82 Å².